The maximum atomic E-state index is 13.6. The molecular weight excluding hydrogens is 527 g/mol. The molecule has 5 nitrogen and oxygen atoms in total. The van der Waals surface area contributed by atoms with E-state index in [0.29, 0.717) is 39.0 Å². The van der Waals surface area contributed by atoms with Gasteiger partial charge in [0.25, 0.3) is 5.91 Å². The third kappa shape index (κ3) is 5.59. The van der Waals surface area contributed by atoms with Crippen LogP contribution in [0.3, 0.4) is 0 Å². The molecule has 5 rings (SSSR count). The monoisotopic (exact) mass is 556 g/mol. The van der Waals surface area contributed by atoms with Crippen LogP contribution in [0.5, 0.6) is 0 Å². The van der Waals surface area contributed by atoms with Crippen molar-refractivity contribution in [1.29, 1.82) is 0 Å². The minimum Gasteiger partial charge on any atom is -0.348 e. The van der Waals surface area contributed by atoms with Crippen molar-refractivity contribution in [3.8, 4) is 0 Å². The van der Waals surface area contributed by atoms with E-state index in [-0.39, 0.29) is 11.3 Å². The molecule has 1 saturated heterocycles. The van der Waals surface area contributed by atoms with E-state index >= 15 is 0 Å². The largest absolute Gasteiger partial charge is 0.348 e. The summed E-state index contributed by atoms with van der Waals surface area (Å²) in [4.78, 5) is 25.7. The number of nitrogens with one attached hydrogen (secondary N) is 1. The van der Waals surface area contributed by atoms with E-state index in [4.69, 9.17) is 44.8 Å². The molecule has 1 aliphatic carbocycles. The molecule has 37 heavy (non-hydrogen) atoms. The second kappa shape index (κ2) is 11.2. The van der Waals surface area contributed by atoms with Crippen LogP contribution in [-0.2, 0) is 12.0 Å². The number of halogens is 3. The molecule has 3 aromatic rings. The highest BCUT2D eigenvalue weighted by Gasteiger charge is 2.42. The Bertz CT molecular complexity index is 1270. The number of aromatic nitrogens is 2. The van der Waals surface area contributed by atoms with Crippen LogP contribution in [0.1, 0.15) is 72.6 Å². The molecule has 194 valence electrons. The molecule has 1 aromatic heterocycles. The van der Waals surface area contributed by atoms with E-state index in [1.165, 1.54) is 0 Å². The number of anilines is 1. The summed E-state index contributed by atoms with van der Waals surface area (Å²) in [6, 6.07) is 13.4. The van der Waals surface area contributed by atoms with Gasteiger partial charge in [0.15, 0.2) is 0 Å². The van der Waals surface area contributed by atoms with E-state index in [9.17, 15) is 4.79 Å². The summed E-state index contributed by atoms with van der Waals surface area (Å²) >= 11 is 18.5. The number of nitrogens with zero attached hydrogens (tertiary/aromatic N) is 3. The maximum Gasteiger partial charge on any atom is 0.255 e. The van der Waals surface area contributed by atoms with Gasteiger partial charge in [0.1, 0.15) is 0 Å². The Morgan fingerprint density at radius 1 is 1.03 bits per heavy atom. The molecule has 1 amide bonds. The first-order valence-electron chi connectivity index (χ1n) is 13.0. The number of hydrogen-bond donors (Lipinski definition) is 1. The quantitative estimate of drug-likeness (QED) is 0.342. The van der Waals surface area contributed by atoms with Crippen molar-refractivity contribution in [2.24, 2.45) is 5.92 Å². The van der Waals surface area contributed by atoms with Gasteiger partial charge in [0.05, 0.1) is 21.3 Å². The van der Waals surface area contributed by atoms with Gasteiger partial charge < -0.3 is 10.2 Å². The van der Waals surface area contributed by atoms with Crippen molar-refractivity contribution in [2.45, 2.75) is 57.4 Å². The van der Waals surface area contributed by atoms with Crippen molar-refractivity contribution in [3.63, 3.8) is 0 Å². The summed E-state index contributed by atoms with van der Waals surface area (Å²) in [6.07, 6.45) is 7.96. The summed E-state index contributed by atoms with van der Waals surface area (Å²) in [6.45, 7) is 4.47. The Morgan fingerprint density at radius 2 is 1.73 bits per heavy atom. The fourth-order valence-electron chi connectivity index (χ4n) is 5.60. The molecule has 0 bridgehead atoms. The van der Waals surface area contributed by atoms with Crippen LogP contribution in [0.25, 0.3) is 0 Å². The number of carbonyl (C=O) groups is 1. The average molecular weight is 558 g/mol. The molecule has 2 fully saturated rings. The zero-order valence-corrected chi connectivity index (χ0v) is 23.2. The maximum absolute atomic E-state index is 13.6. The lowest BCUT2D eigenvalue weighted by Crippen LogP contribution is -2.37. The summed E-state index contributed by atoms with van der Waals surface area (Å²) in [5.74, 6) is 1.22. The third-order valence-electron chi connectivity index (χ3n) is 7.83. The first-order chi connectivity index (χ1) is 17.9. The number of piperidine rings is 1. The Kier molecular flexibility index (Phi) is 7.94. The molecule has 1 aliphatic heterocycles. The van der Waals surface area contributed by atoms with E-state index < -0.39 is 0 Å². The SMILES string of the molecule is CC1CCN(c2ncc(C(=O)NCc3ccc(Cl)c(Cl)c3)c(C3(c4ccc(Cl)cc4)CCCC3)n2)CC1. The molecular formula is C29H31Cl3N4O. The van der Waals surface area contributed by atoms with Gasteiger partial charge in [0, 0.05) is 36.3 Å². The highest BCUT2D eigenvalue weighted by molar-refractivity contribution is 6.42. The fourth-order valence-corrected chi connectivity index (χ4v) is 6.05. The van der Waals surface area contributed by atoms with Crippen LogP contribution in [0.2, 0.25) is 15.1 Å². The predicted octanol–water partition coefficient (Wildman–Crippen LogP) is 7.46. The summed E-state index contributed by atoms with van der Waals surface area (Å²) < 4.78 is 0. The highest BCUT2D eigenvalue weighted by atomic mass is 35.5. The molecule has 1 saturated carbocycles. The Hall–Kier alpha value is -2.34. The van der Waals surface area contributed by atoms with Crippen molar-refractivity contribution >= 4 is 46.7 Å². The number of hydrogen-bond acceptors (Lipinski definition) is 4. The van der Waals surface area contributed by atoms with Crippen LogP contribution < -0.4 is 10.2 Å². The molecule has 8 heteroatoms. The molecule has 0 radical (unpaired) electrons. The molecule has 2 aromatic carbocycles. The van der Waals surface area contributed by atoms with Crippen LogP contribution in [-0.4, -0.2) is 29.0 Å². The standard InChI is InChI=1S/C29H31Cl3N4O/c1-19-10-14-36(15-11-19)28-34-18-23(27(37)33-17-20-4-9-24(31)25(32)16-20)26(35-28)29(12-2-3-13-29)21-5-7-22(30)8-6-21/h4-9,16,18-19H,2-3,10-15,17H2,1H3,(H,33,37). The summed E-state index contributed by atoms with van der Waals surface area (Å²) in [5.41, 5.74) is 2.98. The van der Waals surface area contributed by atoms with Gasteiger partial charge in [-0.05, 0) is 67.0 Å². The number of carbonyl (C=O) groups excluding carboxylic acids is 1. The van der Waals surface area contributed by atoms with Gasteiger partial charge in [0.2, 0.25) is 5.95 Å². The average Bonchev–Trinajstić information content (AvgIpc) is 3.41. The lowest BCUT2D eigenvalue weighted by Gasteiger charge is -2.34. The van der Waals surface area contributed by atoms with E-state index in [1.807, 2.05) is 18.2 Å². The Morgan fingerprint density at radius 3 is 2.41 bits per heavy atom. The molecule has 1 N–H and O–H groups in total. The molecule has 2 aliphatic rings. The highest BCUT2D eigenvalue weighted by Crippen LogP contribution is 2.47. The van der Waals surface area contributed by atoms with Gasteiger partial charge in [-0.25, -0.2) is 9.97 Å². The fraction of sp³-hybridized carbons (Fsp3) is 0.414. The van der Waals surface area contributed by atoms with Crippen molar-refractivity contribution < 1.29 is 4.79 Å². The number of amides is 1. The number of rotatable bonds is 6. The lowest BCUT2D eigenvalue weighted by molar-refractivity contribution is 0.0947. The zero-order chi connectivity index (χ0) is 26.0. The minimum absolute atomic E-state index is 0.194. The van der Waals surface area contributed by atoms with Crippen LogP contribution in [0.15, 0.2) is 48.7 Å². The Balaban J connectivity index is 1.52. The van der Waals surface area contributed by atoms with E-state index in [0.717, 1.165) is 68.4 Å². The second-order valence-electron chi connectivity index (χ2n) is 10.3. The Labute approximate surface area is 233 Å². The van der Waals surface area contributed by atoms with E-state index in [2.05, 4.69) is 29.3 Å². The minimum atomic E-state index is -0.360. The van der Waals surface area contributed by atoms with Gasteiger partial charge >= 0.3 is 0 Å². The molecule has 0 unspecified atom stereocenters. The third-order valence-corrected chi connectivity index (χ3v) is 8.82. The van der Waals surface area contributed by atoms with Gasteiger partial charge in [-0.2, -0.15) is 0 Å². The first kappa shape index (κ1) is 26.3. The predicted molar refractivity (Wildman–Crippen MR) is 151 cm³/mol. The second-order valence-corrected chi connectivity index (χ2v) is 11.6. The van der Waals surface area contributed by atoms with Crippen LogP contribution in [0.4, 0.5) is 5.95 Å². The normalized spacial score (nSPS) is 17.7. The van der Waals surface area contributed by atoms with Crippen molar-refractivity contribution in [2.75, 3.05) is 18.0 Å². The smallest absolute Gasteiger partial charge is 0.255 e. The molecule has 2 heterocycles. The molecule has 0 atom stereocenters. The lowest BCUT2D eigenvalue weighted by atomic mass is 9.74. The molecule has 0 spiro atoms. The van der Waals surface area contributed by atoms with Crippen LogP contribution >= 0.6 is 34.8 Å². The van der Waals surface area contributed by atoms with Crippen molar-refractivity contribution in [3.05, 3.63) is 86.1 Å². The summed E-state index contributed by atoms with van der Waals surface area (Å²) in [5, 5.41) is 4.70. The number of benzene rings is 2. The van der Waals surface area contributed by atoms with Crippen LogP contribution in [0, 0.1) is 5.92 Å². The van der Waals surface area contributed by atoms with Gasteiger partial charge in [-0.15, -0.1) is 0 Å². The zero-order valence-electron chi connectivity index (χ0n) is 20.9. The topological polar surface area (TPSA) is 58.1 Å². The van der Waals surface area contributed by atoms with E-state index in [1.54, 1.807) is 18.3 Å². The first-order valence-corrected chi connectivity index (χ1v) is 14.1. The summed E-state index contributed by atoms with van der Waals surface area (Å²) in [7, 11) is 0. The van der Waals surface area contributed by atoms with Crippen molar-refractivity contribution in [1.82, 2.24) is 15.3 Å². The van der Waals surface area contributed by atoms with Gasteiger partial charge in [-0.3, -0.25) is 4.79 Å². The van der Waals surface area contributed by atoms with Gasteiger partial charge in [-0.1, -0.05) is 72.8 Å².